The van der Waals surface area contributed by atoms with Crippen molar-refractivity contribution in [1.82, 2.24) is 5.32 Å². The number of nitrogens with one attached hydrogen (secondary N) is 2. The van der Waals surface area contributed by atoms with Gasteiger partial charge in [-0.25, -0.2) is 13.2 Å². The molecule has 0 saturated carbocycles. The van der Waals surface area contributed by atoms with Crippen molar-refractivity contribution in [2.45, 2.75) is 13.0 Å². The summed E-state index contributed by atoms with van der Waals surface area (Å²) in [6.07, 6.45) is 1.21. The summed E-state index contributed by atoms with van der Waals surface area (Å²) in [5, 5.41) is 5.39. The second-order valence-electron chi connectivity index (χ2n) is 6.42. The molecule has 0 bridgehead atoms. The Hall–Kier alpha value is -3.07. The molecule has 1 aliphatic heterocycles. The molecule has 2 amide bonds. The van der Waals surface area contributed by atoms with Crippen LogP contribution in [0.2, 0.25) is 0 Å². The Kier molecular flexibility index (Phi) is 5.55. The van der Waals surface area contributed by atoms with Crippen LogP contribution in [0.3, 0.4) is 0 Å². The van der Waals surface area contributed by atoms with Crippen LogP contribution < -0.4 is 14.9 Å². The van der Waals surface area contributed by atoms with E-state index < -0.39 is 16.1 Å². The average Bonchev–Trinajstić information content (AvgIpc) is 3.10. The Bertz CT molecular complexity index is 1000. The second kappa shape index (κ2) is 7.89. The van der Waals surface area contributed by atoms with Crippen molar-refractivity contribution in [1.29, 1.82) is 0 Å². The fraction of sp³-hybridized carbons (Fsp3) is 0.263. The van der Waals surface area contributed by atoms with Gasteiger partial charge in [0.2, 0.25) is 10.0 Å². The number of fused-ring (bicyclic) bond motifs is 1. The van der Waals surface area contributed by atoms with E-state index in [1.165, 1.54) is 17.7 Å². The summed E-state index contributed by atoms with van der Waals surface area (Å²) in [5.41, 5.74) is 3.42. The summed E-state index contributed by atoms with van der Waals surface area (Å²) < 4.78 is 29.5. The van der Waals surface area contributed by atoms with Crippen molar-refractivity contribution < 1.29 is 22.7 Å². The van der Waals surface area contributed by atoms with Crippen LogP contribution in [0.5, 0.6) is 0 Å². The van der Waals surface area contributed by atoms with Gasteiger partial charge in [-0.15, -0.1) is 0 Å². The minimum Gasteiger partial charge on any atom is -0.453 e. The first-order valence-electron chi connectivity index (χ1n) is 8.60. The maximum absolute atomic E-state index is 12.4. The molecule has 0 atom stereocenters. The first-order valence-corrected chi connectivity index (χ1v) is 10.5. The molecular formula is C19H21N3O5S. The summed E-state index contributed by atoms with van der Waals surface area (Å²) in [5.74, 6) is -0.239. The second-order valence-corrected chi connectivity index (χ2v) is 8.33. The van der Waals surface area contributed by atoms with Crippen LogP contribution in [0.1, 0.15) is 21.5 Å². The molecule has 0 aliphatic carbocycles. The van der Waals surface area contributed by atoms with Crippen LogP contribution in [0.15, 0.2) is 42.5 Å². The molecule has 1 heterocycles. The molecule has 2 N–H and O–H groups in total. The van der Waals surface area contributed by atoms with E-state index in [1.807, 2.05) is 0 Å². The van der Waals surface area contributed by atoms with Gasteiger partial charge in [0, 0.05) is 24.3 Å². The number of carbonyl (C=O) groups excluding carboxylic acids is 2. The molecule has 148 valence electrons. The highest BCUT2D eigenvalue weighted by molar-refractivity contribution is 7.92. The molecule has 28 heavy (non-hydrogen) atoms. The Morgan fingerprint density at radius 3 is 2.50 bits per heavy atom. The predicted molar refractivity (Wildman–Crippen MR) is 106 cm³/mol. The summed E-state index contributed by atoms with van der Waals surface area (Å²) in [6, 6.07) is 12.0. The molecule has 0 spiro atoms. The van der Waals surface area contributed by atoms with E-state index in [4.69, 9.17) is 0 Å². The molecule has 0 radical (unpaired) electrons. The van der Waals surface area contributed by atoms with Crippen molar-refractivity contribution in [2.24, 2.45) is 0 Å². The van der Waals surface area contributed by atoms with Crippen LogP contribution in [0.4, 0.5) is 16.2 Å². The number of sulfonamides is 1. The van der Waals surface area contributed by atoms with E-state index in [-0.39, 0.29) is 5.91 Å². The Balaban J connectivity index is 1.62. The van der Waals surface area contributed by atoms with Gasteiger partial charge in [0.1, 0.15) is 0 Å². The van der Waals surface area contributed by atoms with Crippen LogP contribution in [-0.4, -0.2) is 40.3 Å². The van der Waals surface area contributed by atoms with Gasteiger partial charge in [-0.1, -0.05) is 12.1 Å². The molecule has 3 rings (SSSR count). The van der Waals surface area contributed by atoms with Crippen LogP contribution >= 0.6 is 0 Å². The lowest BCUT2D eigenvalue weighted by Gasteiger charge is -2.16. The van der Waals surface area contributed by atoms with E-state index in [2.05, 4.69) is 15.4 Å². The Labute approximate surface area is 163 Å². The van der Waals surface area contributed by atoms with Gasteiger partial charge in [-0.3, -0.25) is 14.4 Å². The van der Waals surface area contributed by atoms with Gasteiger partial charge < -0.3 is 10.1 Å². The molecule has 8 nitrogen and oxygen atoms in total. The molecule has 9 heteroatoms. The fourth-order valence-corrected chi connectivity index (χ4v) is 3.97. The highest BCUT2D eigenvalue weighted by Crippen LogP contribution is 2.30. The Morgan fingerprint density at radius 2 is 1.86 bits per heavy atom. The number of hydrogen-bond acceptors (Lipinski definition) is 5. The molecule has 2 aromatic rings. The van der Waals surface area contributed by atoms with Crippen molar-refractivity contribution in [3.05, 3.63) is 59.2 Å². The average molecular weight is 403 g/mol. The summed E-state index contributed by atoms with van der Waals surface area (Å²) in [6.45, 7) is 0.717. The third-order valence-electron chi connectivity index (χ3n) is 4.43. The number of amides is 2. The van der Waals surface area contributed by atoms with E-state index >= 15 is 0 Å². The number of carbonyl (C=O) groups is 2. The number of anilines is 2. The number of methoxy groups -OCH3 is 1. The molecule has 1 aliphatic rings. The molecule has 2 aromatic carbocycles. The zero-order valence-electron chi connectivity index (χ0n) is 15.6. The van der Waals surface area contributed by atoms with Crippen molar-refractivity contribution in [3.8, 4) is 0 Å². The zero-order valence-corrected chi connectivity index (χ0v) is 16.4. The molecular weight excluding hydrogens is 382 g/mol. The van der Waals surface area contributed by atoms with Gasteiger partial charge in [-0.05, 0) is 47.9 Å². The van der Waals surface area contributed by atoms with Crippen LogP contribution in [-0.2, 0) is 27.7 Å². The highest BCUT2D eigenvalue weighted by atomic mass is 32.2. The van der Waals surface area contributed by atoms with Crippen molar-refractivity contribution in [3.63, 3.8) is 0 Å². The fourth-order valence-electron chi connectivity index (χ4n) is 3.02. The molecule has 0 aromatic heterocycles. The number of rotatable bonds is 5. The minimum absolute atomic E-state index is 0.239. The number of hydrogen-bond donors (Lipinski definition) is 2. The number of benzene rings is 2. The third kappa shape index (κ3) is 4.42. The summed E-state index contributed by atoms with van der Waals surface area (Å²) >= 11 is 0. The topological polar surface area (TPSA) is 105 Å². The highest BCUT2D eigenvalue weighted by Gasteiger charge is 2.26. The number of ether oxygens (including phenoxy) is 1. The lowest BCUT2D eigenvalue weighted by molar-refractivity contribution is 0.0951. The Morgan fingerprint density at radius 1 is 1.14 bits per heavy atom. The van der Waals surface area contributed by atoms with E-state index in [9.17, 15) is 18.0 Å². The summed E-state index contributed by atoms with van der Waals surface area (Å²) in [4.78, 5) is 23.6. The maximum atomic E-state index is 12.4. The third-order valence-corrected chi connectivity index (χ3v) is 5.61. The lowest BCUT2D eigenvalue weighted by Crippen LogP contribution is -2.27. The van der Waals surface area contributed by atoms with Gasteiger partial charge in [0.15, 0.2) is 0 Å². The van der Waals surface area contributed by atoms with Crippen molar-refractivity contribution >= 4 is 33.4 Å². The molecule has 0 fully saturated rings. The predicted octanol–water partition coefficient (Wildman–Crippen LogP) is 2.12. The molecule has 0 unspecified atom stereocenters. The van der Waals surface area contributed by atoms with Crippen LogP contribution in [0.25, 0.3) is 0 Å². The SMILES string of the molecule is COC(=O)Nc1ccc(CNC(=O)c2ccc3c(c2)CCN3S(C)(=O)=O)cc1. The quantitative estimate of drug-likeness (QED) is 0.796. The monoisotopic (exact) mass is 403 g/mol. The normalized spacial score (nSPS) is 13.0. The first kappa shape index (κ1) is 19.7. The van der Waals surface area contributed by atoms with E-state index in [0.717, 1.165) is 11.1 Å². The standard InChI is InChI=1S/C19H21N3O5S/c1-27-19(24)21-16-6-3-13(4-7-16)12-20-18(23)15-5-8-17-14(11-15)9-10-22(17)28(2,25)26/h3-8,11H,9-10,12H2,1-2H3,(H,20,23)(H,21,24). The van der Waals surface area contributed by atoms with Gasteiger partial charge in [-0.2, -0.15) is 0 Å². The zero-order chi connectivity index (χ0) is 20.3. The van der Waals surface area contributed by atoms with Gasteiger partial charge >= 0.3 is 6.09 Å². The van der Waals surface area contributed by atoms with Gasteiger partial charge in [0.05, 0.1) is 19.1 Å². The van der Waals surface area contributed by atoms with Crippen LogP contribution in [0, 0.1) is 0 Å². The van der Waals surface area contributed by atoms with Crippen molar-refractivity contribution in [2.75, 3.05) is 29.5 Å². The van der Waals surface area contributed by atoms with E-state index in [0.29, 0.717) is 36.4 Å². The largest absolute Gasteiger partial charge is 0.453 e. The number of nitrogens with zero attached hydrogens (tertiary/aromatic N) is 1. The van der Waals surface area contributed by atoms with E-state index in [1.54, 1.807) is 42.5 Å². The van der Waals surface area contributed by atoms with Gasteiger partial charge in [0.25, 0.3) is 5.91 Å². The molecule has 0 saturated heterocycles. The maximum Gasteiger partial charge on any atom is 0.411 e. The summed E-state index contributed by atoms with van der Waals surface area (Å²) in [7, 11) is -2.02. The first-order chi connectivity index (χ1) is 13.3. The minimum atomic E-state index is -3.31. The lowest BCUT2D eigenvalue weighted by atomic mass is 10.1. The smallest absolute Gasteiger partial charge is 0.411 e.